The highest BCUT2D eigenvalue weighted by Gasteiger charge is 2.11. The lowest BCUT2D eigenvalue weighted by Gasteiger charge is -2.25. The van der Waals surface area contributed by atoms with Gasteiger partial charge in [0.05, 0.1) is 6.54 Å². The van der Waals surface area contributed by atoms with E-state index in [1.54, 1.807) is 6.08 Å². The normalized spacial score (nSPS) is 15.1. The molecule has 0 unspecified atom stereocenters. The fourth-order valence-corrected chi connectivity index (χ4v) is 1.87. The molecule has 0 aliphatic carbocycles. The Bertz CT molecular complexity index is 449. The van der Waals surface area contributed by atoms with E-state index in [-0.39, 0.29) is 0 Å². The number of anilines is 2. The highest BCUT2D eigenvalue weighted by atomic mass is 16.3. The van der Waals surface area contributed by atoms with Gasteiger partial charge in [-0.05, 0) is 42.3 Å². The molecule has 1 aromatic rings. The molecular weight excluding hydrogens is 200 g/mol. The van der Waals surface area contributed by atoms with Gasteiger partial charge in [0.1, 0.15) is 5.76 Å². The van der Waals surface area contributed by atoms with Crippen LogP contribution in [0.5, 0.6) is 0 Å². The summed E-state index contributed by atoms with van der Waals surface area (Å²) in [5.41, 5.74) is 8.84. The van der Waals surface area contributed by atoms with Crippen molar-refractivity contribution in [2.45, 2.75) is 13.3 Å². The van der Waals surface area contributed by atoms with Gasteiger partial charge in [-0.3, -0.25) is 0 Å². The lowest BCUT2D eigenvalue weighted by molar-refractivity contribution is 0.400. The van der Waals surface area contributed by atoms with Crippen LogP contribution in [0.2, 0.25) is 0 Å². The maximum atomic E-state index is 9.50. The second kappa shape index (κ2) is 4.31. The van der Waals surface area contributed by atoms with E-state index in [0.29, 0.717) is 12.3 Å². The van der Waals surface area contributed by atoms with E-state index in [4.69, 9.17) is 5.73 Å². The zero-order chi connectivity index (χ0) is 11.5. The lowest BCUT2D eigenvalue weighted by Crippen LogP contribution is -2.22. The van der Waals surface area contributed by atoms with E-state index < -0.39 is 0 Å². The molecule has 0 saturated carbocycles. The number of nitrogen functional groups attached to an aromatic ring is 1. The van der Waals surface area contributed by atoms with Gasteiger partial charge < -0.3 is 15.7 Å². The molecule has 0 atom stereocenters. The summed E-state index contributed by atoms with van der Waals surface area (Å²) in [4.78, 5) is 2.02. The van der Waals surface area contributed by atoms with Gasteiger partial charge in [0.15, 0.2) is 0 Å². The quantitative estimate of drug-likeness (QED) is 0.747. The molecule has 2 rings (SSSR count). The molecule has 1 aliphatic heterocycles. The molecule has 3 nitrogen and oxygen atoms in total. The molecule has 0 aromatic heterocycles. The van der Waals surface area contributed by atoms with Crippen LogP contribution in [0.15, 0.2) is 42.3 Å². The zero-order valence-electron chi connectivity index (χ0n) is 9.35. The monoisotopic (exact) mass is 216 g/mol. The van der Waals surface area contributed by atoms with Crippen molar-refractivity contribution in [1.82, 2.24) is 0 Å². The van der Waals surface area contributed by atoms with Crippen molar-refractivity contribution in [3.8, 4) is 0 Å². The van der Waals surface area contributed by atoms with Crippen LogP contribution in [0.3, 0.4) is 0 Å². The number of aryl methyl sites for hydroxylation is 1. The first kappa shape index (κ1) is 10.6. The van der Waals surface area contributed by atoms with Gasteiger partial charge in [-0.2, -0.15) is 0 Å². The van der Waals surface area contributed by atoms with Gasteiger partial charge in [0.2, 0.25) is 0 Å². The van der Waals surface area contributed by atoms with E-state index >= 15 is 0 Å². The number of hydrogen-bond acceptors (Lipinski definition) is 3. The highest BCUT2D eigenvalue weighted by molar-refractivity contribution is 5.62. The maximum Gasteiger partial charge on any atom is 0.112 e. The first-order valence-corrected chi connectivity index (χ1v) is 5.42. The summed E-state index contributed by atoms with van der Waals surface area (Å²) < 4.78 is 0. The average molecular weight is 216 g/mol. The molecule has 1 heterocycles. The first-order chi connectivity index (χ1) is 7.70. The number of nitrogens with two attached hydrogens (primary N) is 1. The van der Waals surface area contributed by atoms with Crippen LogP contribution < -0.4 is 10.6 Å². The second-order valence-corrected chi connectivity index (χ2v) is 3.87. The Labute approximate surface area is 95.5 Å². The van der Waals surface area contributed by atoms with Crippen LogP contribution in [0.25, 0.3) is 0 Å². The average Bonchev–Trinajstić information content (AvgIpc) is 2.28. The van der Waals surface area contributed by atoms with E-state index in [1.165, 1.54) is 5.56 Å². The third-order valence-corrected chi connectivity index (χ3v) is 2.68. The Morgan fingerprint density at radius 3 is 2.94 bits per heavy atom. The summed E-state index contributed by atoms with van der Waals surface area (Å²) in [7, 11) is 0. The van der Waals surface area contributed by atoms with Crippen molar-refractivity contribution in [3.05, 3.63) is 47.9 Å². The molecule has 1 aromatic carbocycles. The Hall–Kier alpha value is -1.90. The van der Waals surface area contributed by atoms with Gasteiger partial charge in [0.25, 0.3) is 0 Å². The number of aliphatic hydroxyl groups is 1. The second-order valence-electron chi connectivity index (χ2n) is 3.87. The van der Waals surface area contributed by atoms with Crippen LogP contribution in [0.1, 0.15) is 12.5 Å². The summed E-state index contributed by atoms with van der Waals surface area (Å²) in [6.45, 7) is 2.62. The van der Waals surface area contributed by atoms with E-state index in [1.807, 2.05) is 35.4 Å². The van der Waals surface area contributed by atoms with E-state index in [2.05, 4.69) is 6.92 Å². The van der Waals surface area contributed by atoms with Crippen LogP contribution in [-0.2, 0) is 6.42 Å². The van der Waals surface area contributed by atoms with Crippen molar-refractivity contribution >= 4 is 11.4 Å². The molecule has 0 amide bonds. The predicted molar refractivity (Wildman–Crippen MR) is 67.4 cm³/mol. The van der Waals surface area contributed by atoms with Crippen molar-refractivity contribution in [2.24, 2.45) is 0 Å². The topological polar surface area (TPSA) is 49.5 Å². The number of hydrogen-bond donors (Lipinski definition) is 2. The summed E-state index contributed by atoms with van der Waals surface area (Å²) in [6.07, 6.45) is 6.44. The molecule has 0 saturated heterocycles. The molecule has 1 aliphatic rings. The van der Waals surface area contributed by atoms with Crippen LogP contribution in [0.4, 0.5) is 11.4 Å². The summed E-state index contributed by atoms with van der Waals surface area (Å²) in [5, 5.41) is 9.50. The minimum Gasteiger partial charge on any atom is -0.510 e. The molecule has 0 spiro atoms. The number of aliphatic hydroxyl groups excluding tert-OH is 1. The van der Waals surface area contributed by atoms with Gasteiger partial charge in [0, 0.05) is 17.6 Å². The number of nitrogens with zero attached hydrogens (tertiary/aromatic N) is 1. The largest absolute Gasteiger partial charge is 0.510 e. The van der Waals surface area contributed by atoms with Crippen molar-refractivity contribution < 1.29 is 5.11 Å². The maximum absolute atomic E-state index is 9.50. The zero-order valence-corrected chi connectivity index (χ0v) is 9.35. The number of rotatable bonds is 2. The first-order valence-electron chi connectivity index (χ1n) is 5.42. The molecule has 0 fully saturated rings. The highest BCUT2D eigenvalue weighted by Crippen LogP contribution is 2.25. The molecule has 0 radical (unpaired) electrons. The number of allylic oxidation sites excluding steroid dienone is 2. The van der Waals surface area contributed by atoms with Crippen molar-refractivity contribution in [2.75, 3.05) is 17.2 Å². The molecular formula is C13H16N2O. The lowest BCUT2D eigenvalue weighted by atomic mass is 10.1. The molecule has 16 heavy (non-hydrogen) atoms. The SMILES string of the molecule is CCc1cc(N)ccc1N1C=CC=C(O)C1. The van der Waals surface area contributed by atoms with Gasteiger partial charge in [-0.15, -0.1) is 0 Å². The Morgan fingerprint density at radius 1 is 1.44 bits per heavy atom. The van der Waals surface area contributed by atoms with Crippen molar-refractivity contribution in [1.29, 1.82) is 0 Å². The third-order valence-electron chi connectivity index (χ3n) is 2.68. The number of benzene rings is 1. The molecule has 3 heteroatoms. The van der Waals surface area contributed by atoms with E-state index in [0.717, 1.165) is 17.8 Å². The predicted octanol–water partition coefficient (Wildman–Crippen LogP) is 2.61. The molecule has 0 bridgehead atoms. The van der Waals surface area contributed by atoms with Gasteiger partial charge in [-0.25, -0.2) is 0 Å². The molecule has 84 valence electrons. The molecule has 3 N–H and O–H groups in total. The van der Waals surface area contributed by atoms with Gasteiger partial charge in [-0.1, -0.05) is 6.92 Å². The summed E-state index contributed by atoms with van der Waals surface area (Å²) in [6, 6.07) is 5.87. The Balaban J connectivity index is 2.34. The van der Waals surface area contributed by atoms with E-state index in [9.17, 15) is 5.11 Å². The fourth-order valence-electron chi connectivity index (χ4n) is 1.87. The van der Waals surface area contributed by atoms with Crippen LogP contribution >= 0.6 is 0 Å². The smallest absolute Gasteiger partial charge is 0.112 e. The minimum atomic E-state index is 0.376. The minimum absolute atomic E-state index is 0.376. The summed E-state index contributed by atoms with van der Waals surface area (Å²) >= 11 is 0. The third kappa shape index (κ3) is 2.03. The Kier molecular flexibility index (Phi) is 2.86. The van der Waals surface area contributed by atoms with Crippen molar-refractivity contribution in [3.63, 3.8) is 0 Å². The summed E-state index contributed by atoms with van der Waals surface area (Å²) in [5.74, 6) is 0.376. The van der Waals surface area contributed by atoms with Gasteiger partial charge >= 0.3 is 0 Å². The Morgan fingerprint density at radius 2 is 2.25 bits per heavy atom. The van der Waals surface area contributed by atoms with Crippen LogP contribution in [-0.4, -0.2) is 11.7 Å². The fraction of sp³-hybridized carbons (Fsp3) is 0.231. The van der Waals surface area contributed by atoms with Crippen LogP contribution in [0, 0.1) is 0 Å². The standard InChI is InChI=1S/C13H16N2O/c1-2-10-8-11(14)5-6-13(10)15-7-3-4-12(16)9-15/h3-8,16H,2,9,14H2,1H3.